The Balaban J connectivity index is 3.25. The van der Waals surface area contributed by atoms with Gasteiger partial charge in [-0.2, -0.15) is 0 Å². The predicted molar refractivity (Wildman–Crippen MR) is 75.3 cm³/mol. The number of hydrogen-bond acceptors (Lipinski definition) is 3. The van der Waals surface area contributed by atoms with Gasteiger partial charge in [0.1, 0.15) is 0 Å². The zero-order chi connectivity index (χ0) is 13.8. The van der Waals surface area contributed by atoms with E-state index < -0.39 is 12.8 Å². The van der Waals surface area contributed by atoms with Crippen molar-refractivity contribution in [3.8, 4) is 0 Å². The summed E-state index contributed by atoms with van der Waals surface area (Å²) in [5.41, 5.74) is 0.775. The van der Waals surface area contributed by atoms with E-state index in [9.17, 15) is 4.57 Å². The van der Waals surface area contributed by atoms with Crippen LogP contribution in [0.25, 0.3) is 0 Å². The fraction of sp³-hybridized carbons (Fsp3) is 0.538. The van der Waals surface area contributed by atoms with Gasteiger partial charge in [-0.1, -0.05) is 29.8 Å². The first-order valence-corrected chi connectivity index (χ1v) is 7.95. The maximum atomic E-state index is 12.9. The van der Waals surface area contributed by atoms with Crippen LogP contribution in [0.2, 0.25) is 5.02 Å². The molecule has 0 bridgehead atoms. The zero-order valence-electron chi connectivity index (χ0n) is 11.3. The van der Waals surface area contributed by atoms with Gasteiger partial charge in [0.15, 0.2) is 0 Å². The van der Waals surface area contributed by atoms with Crippen LogP contribution >= 0.6 is 19.2 Å². The minimum absolute atomic E-state index is 0.338. The Morgan fingerprint density at radius 2 is 1.67 bits per heavy atom. The van der Waals surface area contributed by atoms with Gasteiger partial charge in [-0.25, -0.2) is 0 Å². The van der Waals surface area contributed by atoms with Crippen molar-refractivity contribution in [3.05, 3.63) is 34.9 Å². The lowest BCUT2D eigenvalue weighted by atomic mass is 10.0. The Hall–Kier alpha value is -0.340. The summed E-state index contributed by atoms with van der Waals surface area (Å²) < 4.78 is 23.7. The molecule has 3 nitrogen and oxygen atoms in total. The van der Waals surface area contributed by atoms with E-state index in [-0.39, 0.29) is 0 Å². The number of halogens is 1. The Kier molecular flexibility index (Phi) is 5.42. The standard InChI is InChI=1S/C13H20ClO3P/c1-5-16-18(15,17-6-2)13(3,4)11-9-7-8-10-12(11)14/h7-10H,5-6H2,1-4H3. The van der Waals surface area contributed by atoms with Crippen LogP contribution in [0.1, 0.15) is 33.3 Å². The molecule has 0 fully saturated rings. The lowest BCUT2D eigenvalue weighted by Gasteiger charge is -2.33. The van der Waals surface area contributed by atoms with E-state index in [0.29, 0.717) is 18.2 Å². The second-order valence-corrected chi connectivity index (χ2v) is 7.41. The van der Waals surface area contributed by atoms with Gasteiger partial charge < -0.3 is 9.05 Å². The van der Waals surface area contributed by atoms with Crippen LogP contribution in [0.5, 0.6) is 0 Å². The summed E-state index contributed by atoms with van der Waals surface area (Å²) in [6.07, 6.45) is 0. The monoisotopic (exact) mass is 290 g/mol. The van der Waals surface area contributed by atoms with Crippen LogP contribution in [0, 0.1) is 0 Å². The fourth-order valence-corrected chi connectivity index (χ4v) is 4.13. The molecule has 0 saturated carbocycles. The molecule has 0 aromatic heterocycles. The van der Waals surface area contributed by atoms with Gasteiger partial charge in [0.05, 0.1) is 18.4 Å². The van der Waals surface area contributed by atoms with Crippen molar-refractivity contribution in [2.75, 3.05) is 13.2 Å². The molecule has 18 heavy (non-hydrogen) atoms. The van der Waals surface area contributed by atoms with E-state index in [1.165, 1.54) is 0 Å². The molecule has 0 saturated heterocycles. The Morgan fingerprint density at radius 1 is 1.17 bits per heavy atom. The first kappa shape index (κ1) is 15.7. The number of rotatable bonds is 6. The molecule has 0 aliphatic carbocycles. The van der Waals surface area contributed by atoms with Crippen molar-refractivity contribution in [2.45, 2.75) is 32.9 Å². The molecule has 0 unspecified atom stereocenters. The number of benzene rings is 1. The van der Waals surface area contributed by atoms with Crippen molar-refractivity contribution in [1.29, 1.82) is 0 Å². The van der Waals surface area contributed by atoms with E-state index in [0.717, 1.165) is 5.56 Å². The van der Waals surface area contributed by atoms with Crippen LogP contribution in [0.4, 0.5) is 0 Å². The highest BCUT2D eigenvalue weighted by atomic mass is 35.5. The average molecular weight is 291 g/mol. The lowest BCUT2D eigenvalue weighted by molar-refractivity contribution is 0.201. The average Bonchev–Trinajstić information content (AvgIpc) is 2.29. The predicted octanol–water partition coefficient (Wildman–Crippen LogP) is 4.84. The van der Waals surface area contributed by atoms with E-state index in [2.05, 4.69) is 0 Å². The second-order valence-electron chi connectivity index (χ2n) is 4.37. The third-order valence-electron chi connectivity index (χ3n) is 2.82. The van der Waals surface area contributed by atoms with E-state index in [1.54, 1.807) is 19.9 Å². The summed E-state index contributed by atoms with van der Waals surface area (Å²) in [7, 11) is -3.26. The first-order chi connectivity index (χ1) is 8.39. The van der Waals surface area contributed by atoms with Gasteiger partial charge in [-0.15, -0.1) is 0 Å². The maximum absolute atomic E-state index is 12.9. The van der Waals surface area contributed by atoms with Crippen LogP contribution in [-0.4, -0.2) is 13.2 Å². The van der Waals surface area contributed by atoms with Crippen LogP contribution in [0.15, 0.2) is 24.3 Å². The first-order valence-electron chi connectivity index (χ1n) is 6.03. The molecule has 1 aromatic carbocycles. The molecule has 5 heteroatoms. The van der Waals surface area contributed by atoms with Gasteiger partial charge in [-0.05, 0) is 39.3 Å². The molecule has 0 radical (unpaired) electrons. The van der Waals surface area contributed by atoms with Gasteiger partial charge in [0.25, 0.3) is 0 Å². The molecule has 0 aliphatic rings. The molecule has 1 rings (SSSR count). The largest absolute Gasteiger partial charge is 0.340 e. The topological polar surface area (TPSA) is 35.5 Å². The van der Waals surface area contributed by atoms with Crippen LogP contribution in [-0.2, 0) is 18.8 Å². The SMILES string of the molecule is CCOP(=O)(OCC)C(C)(C)c1ccccc1Cl. The summed E-state index contributed by atoms with van der Waals surface area (Å²) in [5.74, 6) is 0. The van der Waals surface area contributed by atoms with Crippen molar-refractivity contribution >= 4 is 19.2 Å². The minimum atomic E-state index is -3.26. The Morgan fingerprint density at radius 3 is 2.11 bits per heavy atom. The summed E-state index contributed by atoms with van der Waals surface area (Å²) in [4.78, 5) is 0. The second kappa shape index (κ2) is 6.21. The Labute approximate surface area is 114 Å². The van der Waals surface area contributed by atoms with Gasteiger partial charge in [0, 0.05) is 5.02 Å². The molecule has 0 spiro atoms. The fourth-order valence-electron chi connectivity index (χ4n) is 1.80. The van der Waals surface area contributed by atoms with Crippen molar-refractivity contribution in [1.82, 2.24) is 0 Å². The van der Waals surface area contributed by atoms with Crippen molar-refractivity contribution in [2.24, 2.45) is 0 Å². The lowest BCUT2D eigenvalue weighted by Crippen LogP contribution is -2.21. The molecule has 0 amide bonds. The summed E-state index contributed by atoms with van der Waals surface area (Å²) in [6.45, 7) is 7.94. The summed E-state index contributed by atoms with van der Waals surface area (Å²) in [5, 5.41) is -0.209. The number of hydrogen-bond donors (Lipinski definition) is 0. The summed E-state index contributed by atoms with van der Waals surface area (Å²) in [6, 6.07) is 7.34. The molecule has 102 valence electrons. The highest BCUT2D eigenvalue weighted by molar-refractivity contribution is 7.55. The third kappa shape index (κ3) is 2.97. The third-order valence-corrected chi connectivity index (χ3v) is 5.95. The quantitative estimate of drug-likeness (QED) is 0.703. The normalized spacial score (nSPS) is 12.7. The van der Waals surface area contributed by atoms with Gasteiger partial charge >= 0.3 is 7.60 Å². The van der Waals surface area contributed by atoms with Crippen molar-refractivity contribution < 1.29 is 13.6 Å². The highest BCUT2D eigenvalue weighted by Crippen LogP contribution is 2.65. The van der Waals surface area contributed by atoms with Crippen LogP contribution < -0.4 is 0 Å². The molecular weight excluding hydrogens is 271 g/mol. The van der Waals surface area contributed by atoms with E-state index >= 15 is 0 Å². The van der Waals surface area contributed by atoms with E-state index in [4.69, 9.17) is 20.6 Å². The molecule has 0 N–H and O–H groups in total. The molecule has 0 atom stereocenters. The van der Waals surface area contributed by atoms with E-state index in [1.807, 2.05) is 32.0 Å². The molecule has 0 aliphatic heterocycles. The zero-order valence-corrected chi connectivity index (χ0v) is 12.9. The smallest absolute Gasteiger partial charge is 0.308 e. The van der Waals surface area contributed by atoms with Gasteiger partial charge in [-0.3, -0.25) is 4.57 Å². The van der Waals surface area contributed by atoms with Crippen LogP contribution in [0.3, 0.4) is 0 Å². The molecular formula is C13H20ClO3P. The summed E-state index contributed by atoms with van der Waals surface area (Å²) >= 11 is 6.18. The maximum Gasteiger partial charge on any atom is 0.340 e. The minimum Gasteiger partial charge on any atom is -0.308 e. The Bertz CT molecular complexity index is 436. The van der Waals surface area contributed by atoms with Gasteiger partial charge in [0.2, 0.25) is 0 Å². The highest BCUT2D eigenvalue weighted by Gasteiger charge is 2.45. The molecule has 0 heterocycles. The molecule has 1 aromatic rings. The van der Waals surface area contributed by atoms with Crippen molar-refractivity contribution in [3.63, 3.8) is 0 Å².